The highest BCUT2D eigenvalue weighted by Gasteiger charge is 2.28. The number of rotatable bonds is 9. The number of halogens is 1. The molecule has 0 saturated carbocycles. The number of hydrogen-bond donors (Lipinski definition) is 1. The van der Waals surface area contributed by atoms with Crippen molar-refractivity contribution in [3.63, 3.8) is 0 Å². The fourth-order valence-electron chi connectivity index (χ4n) is 3.52. The summed E-state index contributed by atoms with van der Waals surface area (Å²) < 4.78 is 0. The molecular weight excluding hydrogens is 384 g/mol. The first-order valence-electron chi connectivity index (χ1n) is 10.2. The van der Waals surface area contributed by atoms with Gasteiger partial charge in [0.25, 0.3) is 0 Å². The predicted octanol–water partition coefficient (Wildman–Crippen LogP) is 4.83. The third-order valence-corrected chi connectivity index (χ3v) is 5.09. The molecular formula is C24H31ClN2O2. The van der Waals surface area contributed by atoms with E-state index in [0.717, 1.165) is 28.7 Å². The van der Waals surface area contributed by atoms with Gasteiger partial charge < -0.3 is 10.2 Å². The molecule has 2 aromatic rings. The highest BCUT2D eigenvalue weighted by Crippen LogP contribution is 2.18. The number of aryl methyl sites for hydroxylation is 2. The van der Waals surface area contributed by atoms with Crippen molar-refractivity contribution >= 4 is 23.4 Å². The number of nitrogens with zero attached hydrogens (tertiary/aromatic N) is 1. The summed E-state index contributed by atoms with van der Waals surface area (Å²) in [5, 5.41) is 3.59. The Hall–Kier alpha value is -2.33. The van der Waals surface area contributed by atoms with Crippen LogP contribution in [0, 0.1) is 13.8 Å². The molecule has 0 heterocycles. The Bertz CT molecular complexity index is 813. The molecule has 0 bridgehead atoms. The average molecular weight is 415 g/mol. The van der Waals surface area contributed by atoms with Gasteiger partial charge in [-0.1, -0.05) is 66.9 Å². The molecule has 2 rings (SSSR count). The van der Waals surface area contributed by atoms with Crippen LogP contribution in [0.4, 0.5) is 0 Å². The van der Waals surface area contributed by atoms with E-state index in [-0.39, 0.29) is 18.2 Å². The molecule has 0 spiro atoms. The number of amides is 2. The fourth-order valence-corrected chi connectivity index (χ4v) is 3.65. The molecule has 1 atom stereocenters. The molecule has 1 unspecified atom stereocenters. The molecule has 0 aliphatic rings. The number of nitrogens with one attached hydrogen (secondary N) is 1. The first kappa shape index (κ1) is 23.0. The molecule has 29 heavy (non-hydrogen) atoms. The third kappa shape index (κ3) is 6.90. The molecule has 0 aliphatic carbocycles. The summed E-state index contributed by atoms with van der Waals surface area (Å²) in [6, 6.07) is 13.1. The maximum absolute atomic E-state index is 13.3. The quantitative estimate of drug-likeness (QED) is 0.638. The van der Waals surface area contributed by atoms with E-state index in [0.29, 0.717) is 24.5 Å². The summed E-state index contributed by atoms with van der Waals surface area (Å²) >= 11 is 6.00. The number of hydrogen-bond acceptors (Lipinski definition) is 2. The van der Waals surface area contributed by atoms with Gasteiger partial charge in [0.1, 0.15) is 6.04 Å². The smallest absolute Gasteiger partial charge is 0.242 e. The molecule has 0 aliphatic heterocycles. The minimum absolute atomic E-state index is 0.0524. The van der Waals surface area contributed by atoms with E-state index in [1.54, 1.807) is 4.90 Å². The lowest BCUT2D eigenvalue weighted by Gasteiger charge is -2.31. The topological polar surface area (TPSA) is 49.4 Å². The highest BCUT2D eigenvalue weighted by atomic mass is 35.5. The van der Waals surface area contributed by atoms with E-state index in [4.69, 9.17) is 11.6 Å². The summed E-state index contributed by atoms with van der Waals surface area (Å²) in [6.45, 7) is 8.99. The molecule has 5 heteroatoms. The van der Waals surface area contributed by atoms with Gasteiger partial charge in [0.05, 0.1) is 6.42 Å². The summed E-state index contributed by atoms with van der Waals surface area (Å²) in [5.74, 6) is -0.152. The van der Waals surface area contributed by atoms with E-state index >= 15 is 0 Å². The Morgan fingerprint density at radius 2 is 1.62 bits per heavy atom. The molecule has 1 N–H and O–H groups in total. The van der Waals surface area contributed by atoms with Crippen molar-refractivity contribution in [1.29, 1.82) is 0 Å². The van der Waals surface area contributed by atoms with Crippen LogP contribution in [0.25, 0.3) is 0 Å². The second-order valence-electron chi connectivity index (χ2n) is 7.54. The summed E-state index contributed by atoms with van der Waals surface area (Å²) in [7, 11) is 0. The van der Waals surface area contributed by atoms with Crippen LogP contribution < -0.4 is 5.32 Å². The van der Waals surface area contributed by atoms with E-state index in [9.17, 15) is 9.59 Å². The van der Waals surface area contributed by atoms with Crippen molar-refractivity contribution in [2.24, 2.45) is 0 Å². The van der Waals surface area contributed by atoms with Crippen LogP contribution in [0.5, 0.6) is 0 Å². The number of benzene rings is 2. The predicted molar refractivity (Wildman–Crippen MR) is 119 cm³/mol. The van der Waals surface area contributed by atoms with Gasteiger partial charge in [0.2, 0.25) is 11.8 Å². The van der Waals surface area contributed by atoms with E-state index in [1.807, 2.05) is 64.1 Å². The first-order chi connectivity index (χ1) is 13.8. The lowest BCUT2D eigenvalue weighted by Crippen LogP contribution is -2.49. The monoisotopic (exact) mass is 414 g/mol. The van der Waals surface area contributed by atoms with Crippen LogP contribution in [0.15, 0.2) is 42.5 Å². The van der Waals surface area contributed by atoms with Gasteiger partial charge in [0.15, 0.2) is 0 Å². The van der Waals surface area contributed by atoms with Gasteiger partial charge in [-0.3, -0.25) is 9.59 Å². The third-order valence-electron chi connectivity index (χ3n) is 4.84. The van der Waals surface area contributed by atoms with E-state index < -0.39 is 6.04 Å². The average Bonchev–Trinajstić information content (AvgIpc) is 2.66. The van der Waals surface area contributed by atoms with Gasteiger partial charge in [0, 0.05) is 18.1 Å². The van der Waals surface area contributed by atoms with Gasteiger partial charge in [-0.15, -0.1) is 0 Å². The zero-order chi connectivity index (χ0) is 21.4. The second kappa shape index (κ2) is 11.0. The van der Waals surface area contributed by atoms with Crippen LogP contribution in [-0.4, -0.2) is 29.3 Å². The van der Waals surface area contributed by atoms with Crippen LogP contribution in [0.3, 0.4) is 0 Å². The minimum Gasteiger partial charge on any atom is -0.354 e. The van der Waals surface area contributed by atoms with Crippen LogP contribution >= 0.6 is 11.6 Å². The largest absolute Gasteiger partial charge is 0.354 e. The molecule has 0 aromatic heterocycles. The van der Waals surface area contributed by atoms with Crippen LogP contribution in [0.1, 0.15) is 48.9 Å². The van der Waals surface area contributed by atoms with Crippen LogP contribution in [-0.2, 0) is 22.6 Å². The first-order valence-corrected chi connectivity index (χ1v) is 10.6. The maximum atomic E-state index is 13.3. The fraction of sp³-hybridized carbons (Fsp3) is 0.417. The SMILES string of the molecule is CCCNC(=O)C(CC)N(Cc1ccc(Cl)cc1)C(=O)Cc1cc(C)cc(C)c1. The van der Waals surface area contributed by atoms with Gasteiger partial charge in [-0.25, -0.2) is 0 Å². The van der Waals surface area contributed by atoms with Crippen molar-refractivity contribution in [2.45, 2.75) is 59.5 Å². The van der Waals surface area contributed by atoms with Crippen molar-refractivity contribution in [3.05, 3.63) is 69.7 Å². The molecule has 156 valence electrons. The molecule has 0 fully saturated rings. The van der Waals surface area contributed by atoms with E-state index in [1.165, 1.54) is 0 Å². The Morgan fingerprint density at radius 3 is 2.17 bits per heavy atom. The number of carbonyl (C=O) groups excluding carboxylic acids is 2. The summed E-state index contributed by atoms with van der Waals surface area (Å²) in [5.41, 5.74) is 4.18. The summed E-state index contributed by atoms with van der Waals surface area (Å²) in [6.07, 6.45) is 1.69. The van der Waals surface area contributed by atoms with Crippen molar-refractivity contribution in [1.82, 2.24) is 10.2 Å². The van der Waals surface area contributed by atoms with Crippen molar-refractivity contribution in [2.75, 3.05) is 6.54 Å². The van der Waals surface area contributed by atoms with Crippen molar-refractivity contribution in [3.8, 4) is 0 Å². The molecule has 0 saturated heterocycles. The second-order valence-corrected chi connectivity index (χ2v) is 7.97. The Labute approximate surface area is 179 Å². The highest BCUT2D eigenvalue weighted by molar-refractivity contribution is 6.30. The maximum Gasteiger partial charge on any atom is 0.242 e. The minimum atomic E-state index is -0.504. The zero-order valence-electron chi connectivity index (χ0n) is 17.8. The molecule has 2 amide bonds. The molecule has 4 nitrogen and oxygen atoms in total. The lowest BCUT2D eigenvalue weighted by atomic mass is 10.0. The lowest BCUT2D eigenvalue weighted by molar-refractivity contribution is -0.140. The normalized spacial score (nSPS) is 11.8. The van der Waals surface area contributed by atoms with Gasteiger partial charge in [-0.2, -0.15) is 0 Å². The van der Waals surface area contributed by atoms with E-state index in [2.05, 4.69) is 11.4 Å². The standard InChI is InChI=1S/C24H31ClN2O2/c1-5-11-26-24(29)22(6-2)27(16-19-7-9-21(25)10-8-19)23(28)15-20-13-17(3)12-18(4)14-20/h7-10,12-14,22H,5-6,11,15-16H2,1-4H3,(H,26,29). The molecule has 2 aromatic carbocycles. The zero-order valence-corrected chi connectivity index (χ0v) is 18.6. The van der Waals surface area contributed by atoms with Crippen LogP contribution in [0.2, 0.25) is 5.02 Å². The Balaban J connectivity index is 2.29. The van der Waals surface area contributed by atoms with Gasteiger partial charge in [-0.05, 0) is 49.9 Å². The van der Waals surface area contributed by atoms with Crippen molar-refractivity contribution < 1.29 is 9.59 Å². The Kier molecular flexibility index (Phi) is 8.71. The summed E-state index contributed by atoms with van der Waals surface area (Å²) in [4.78, 5) is 27.8. The Morgan fingerprint density at radius 1 is 1.00 bits per heavy atom. The molecule has 0 radical (unpaired) electrons. The van der Waals surface area contributed by atoms with Gasteiger partial charge >= 0.3 is 0 Å². The number of carbonyl (C=O) groups is 2.